The topological polar surface area (TPSA) is 62.4 Å². The van der Waals surface area contributed by atoms with Crippen LogP contribution in [0.1, 0.15) is 32.0 Å². The van der Waals surface area contributed by atoms with Gasteiger partial charge in [0.2, 0.25) is 0 Å². The number of pyridine rings is 1. The van der Waals surface area contributed by atoms with E-state index in [2.05, 4.69) is 4.98 Å². The molecule has 104 valence electrons. The summed E-state index contributed by atoms with van der Waals surface area (Å²) >= 11 is 2.00. The molecule has 2 heterocycles. The number of H-pyrrole nitrogens is 1. The van der Waals surface area contributed by atoms with Gasteiger partial charge in [0.1, 0.15) is 5.60 Å². The summed E-state index contributed by atoms with van der Waals surface area (Å²) in [6.45, 7) is 6.38. The van der Waals surface area contributed by atoms with Gasteiger partial charge < -0.3 is 14.6 Å². The van der Waals surface area contributed by atoms with Crippen LogP contribution in [0, 0.1) is 3.57 Å². The molecule has 0 saturated heterocycles. The Morgan fingerprint density at radius 3 is 2.79 bits per heavy atom. The van der Waals surface area contributed by atoms with Crippen LogP contribution < -0.4 is 5.43 Å². The third-order valence-corrected chi connectivity index (χ3v) is 3.66. The Morgan fingerprint density at radius 1 is 1.47 bits per heavy atom. The molecule has 19 heavy (non-hydrogen) atoms. The Hall–Kier alpha value is -1.05. The maximum atomic E-state index is 12.1. The number of aromatic amines is 1. The van der Waals surface area contributed by atoms with E-state index in [0.29, 0.717) is 28.6 Å². The normalized spacial score (nSPS) is 15.1. The fourth-order valence-electron chi connectivity index (χ4n) is 1.97. The van der Waals surface area contributed by atoms with Crippen LogP contribution in [-0.4, -0.2) is 28.1 Å². The lowest BCUT2D eigenvalue weighted by Crippen LogP contribution is -2.42. The molecule has 1 aromatic heterocycles. The van der Waals surface area contributed by atoms with Crippen LogP contribution in [0.25, 0.3) is 0 Å². The van der Waals surface area contributed by atoms with E-state index in [1.807, 2.05) is 43.4 Å². The molecule has 5 nitrogen and oxygen atoms in total. The monoisotopic (exact) mass is 376 g/mol. The highest BCUT2D eigenvalue weighted by Crippen LogP contribution is 2.18. The molecule has 1 N–H and O–H groups in total. The Bertz CT molecular complexity index is 560. The molecule has 0 spiro atoms. The fraction of sp³-hybridized carbons (Fsp3) is 0.538. The van der Waals surface area contributed by atoms with Crippen molar-refractivity contribution < 1.29 is 9.53 Å². The van der Waals surface area contributed by atoms with Gasteiger partial charge in [0.25, 0.3) is 0 Å². The highest BCUT2D eigenvalue weighted by atomic mass is 127. The van der Waals surface area contributed by atoms with E-state index in [1.54, 1.807) is 11.1 Å². The summed E-state index contributed by atoms with van der Waals surface area (Å²) < 4.78 is 5.98. The zero-order chi connectivity index (χ0) is 14.2. The lowest BCUT2D eigenvalue weighted by molar-refractivity contribution is 0.0222. The predicted molar refractivity (Wildman–Crippen MR) is 80.1 cm³/mol. The molecule has 0 aromatic carbocycles. The quantitative estimate of drug-likeness (QED) is 0.707. The fourth-order valence-corrected chi connectivity index (χ4v) is 2.45. The molecule has 0 fully saturated rings. The zero-order valence-electron chi connectivity index (χ0n) is 11.2. The van der Waals surface area contributed by atoms with Gasteiger partial charge in [-0.25, -0.2) is 4.79 Å². The maximum Gasteiger partial charge on any atom is 0.410 e. The Morgan fingerprint density at radius 2 is 2.16 bits per heavy atom. The molecule has 0 atom stereocenters. The van der Waals surface area contributed by atoms with Gasteiger partial charge in [-0.3, -0.25) is 4.79 Å². The number of amides is 1. The average molecular weight is 376 g/mol. The molecule has 0 aliphatic carbocycles. The van der Waals surface area contributed by atoms with Gasteiger partial charge in [0.05, 0.1) is 10.1 Å². The van der Waals surface area contributed by atoms with Gasteiger partial charge in [-0.05, 0) is 43.4 Å². The van der Waals surface area contributed by atoms with Crippen molar-refractivity contribution in [2.75, 3.05) is 6.54 Å². The summed E-state index contributed by atoms with van der Waals surface area (Å²) in [5, 5.41) is 0. The second-order valence-electron chi connectivity index (χ2n) is 5.57. The average Bonchev–Trinajstić information content (AvgIpc) is 2.31. The van der Waals surface area contributed by atoms with Crippen molar-refractivity contribution in [3.8, 4) is 0 Å². The summed E-state index contributed by atoms with van der Waals surface area (Å²) in [6, 6.07) is 0. The summed E-state index contributed by atoms with van der Waals surface area (Å²) in [5.74, 6) is 0. The first-order chi connectivity index (χ1) is 8.78. The third-order valence-electron chi connectivity index (χ3n) is 2.86. The number of carbonyl (C=O) groups is 1. The van der Waals surface area contributed by atoms with E-state index < -0.39 is 5.60 Å². The molecule has 1 amide bonds. The first-order valence-corrected chi connectivity index (χ1v) is 7.22. The minimum absolute atomic E-state index is 0.00242. The molecule has 0 saturated carbocycles. The van der Waals surface area contributed by atoms with Gasteiger partial charge >= 0.3 is 6.09 Å². The van der Waals surface area contributed by atoms with Crippen LogP contribution in [0.4, 0.5) is 4.79 Å². The first-order valence-electron chi connectivity index (χ1n) is 6.15. The number of ether oxygens (including phenoxy) is 1. The number of rotatable bonds is 0. The van der Waals surface area contributed by atoms with E-state index in [0.717, 1.165) is 5.69 Å². The van der Waals surface area contributed by atoms with Crippen molar-refractivity contribution in [2.45, 2.75) is 39.3 Å². The number of fused-ring (bicyclic) bond motifs is 1. The molecule has 1 aliphatic rings. The van der Waals surface area contributed by atoms with Crippen LogP contribution in [-0.2, 0) is 17.7 Å². The van der Waals surface area contributed by atoms with Crippen LogP contribution in [0.5, 0.6) is 0 Å². The van der Waals surface area contributed by atoms with Gasteiger partial charge in [-0.15, -0.1) is 0 Å². The molecule has 0 bridgehead atoms. The van der Waals surface area contributed by atoms with E-state index in [-0.39, 0.29) is 11.5 Å². The maximum absolute atomic E-state index is 12.1. The smallest absolute Gasteiger partial charge is 0.410 e. The zero-order valence-corrected chi connectivity index (χ0v) is 13.4. The van der Waals surface area contributed by atoms with Gasteiger partial charge in [-0.2, -0.15) is 0 Å². The van der Waals surface area contributed by atoms with Crippen molar-refractivity contribution >= 4 is 28.7 Å². The Kier molecular flexibility index (Phi) is 3.89. The molecular formula is C13H17IN2O3. The van der Waals surface area contributed by atoms with Crippen molar-refractivity contribution in [1.82, 2.24) is 9.88 Å². The van der Waals surface area contributed by atoms with Crippen molar-refractivity contribution in [1.29, 1.82) is 0 Å². The Balaban J connectivity index is 2.20. The molecule has 0 radical (unpaired) electrons. The number of hydrogen-bond donors (Lipinski definition) is 1. The molecule has 0 unspecified atom stereocenters. The first kappa shape index (κ1) is 14.4. The second-order valence-corrected chi connectivity index (χ2v) is 6.74. The van der Waals surface area contributed by atoms with Crippen molar-refractivity contribution in [2.24, 2.45) is 0 Å². The lowest BCUT2D eigenvalue weighted by atomic mass is 10.1. The van der Waals surface area contributed by atoms with Gasteiger partial charge in [-0.1, -0.05) is 0 Å². The van der Waals surface area contributed by atoms with E-state index in [1.165, 1.54) is 0 Å². The van der Waals surface area contributed by atoms with Crippen molar-refractivity contribution in [3.63, 3.8) is 0 Å². The molecular weight excluding hydrogens is 359 g/mol. The molecule has 2 rings (SSSR count). The SMILES string of the molecule is CC(C)(C)OC(=O)N1CCc2[nH]cc(I)c(=O)c2C1. The number of hydrogen-bond acceptors (Lipinski definition) is 3. The summed E-state index contributed by atoms with van der Waals surface area (Å²) in [7, 11) is 0. The standard InChI is InChI=1S/C13H17IN2O3/c1-13(2,3)19-12(18)16-5-4-10-8(7-16)11(17)9(14)6-15-10/h6H,4-5,7H2,1-3H3,(H,15,17). The van der Waals surface area contributed by atoms with Crippen LogP contribution in [0.15, 0.2) is 11.0 Å². The lowest BCUT2D eigenvalue weighted by Gasteiger charge is -2.30. The van der Waals surface area contributed by atoms with Crippen LogP contribution in [0.3, 0.4) is 0 Å². The Labute approximate surface area is 125 Å². The number of halogens is 1. The van der Waals surface area contributed by atoms with Gasteiger partial charge in [0.15, 0.2) is 5.43 Å². The van der Waals surface area contributed by atoms with Crippen LogP contribution >= 0.6 is 22.6 Å². The highest BCUT2D eigenvalue weighted by molar-refractivity contribution is 14.1. The summed E-state index contributed by atoms with van der Waals surface area (Å²) in [4.78, 5) is 28.8. The summed E-state index contributed by atoms with van der Waals surface area (Å²) in [6.07, 6.45) is 2.00. The van der Waals surface area contributed by atoms with E-state index >= 15 is 0 Å². The summed E-state index contributed by atoms with van der Waals surface area (Å²) in [5.41, 5.74) is 1.08. The number of nitrogens with zero attached hydrogens (tertiary/aromatic N) is 1. The molecule has 1 aromatic rings. The molecule has 1 aliphatic heterocycles. The van der Waals surface area contributed by atoms with Crippen molar-refractivity contribution in [3.05, 3.63) is 31.2 Å². The van der Waals surface area contributed by atoms with E-state index in [4.69, 9.17) is 4.74 Å². The van der Waals surface area contributed by atoms with E-state index in [9.17, 15) is 9.59 Å². The minimum Gasteiger partial charge on any atom is -0.444 e. The highest BCUT2D eigenvalue weighted by Gasteiger charge is 2.27. The number of carbonyl (C=O) groups excluding carboxylic acids is 1. The number of aromatic nitrogens is 1. The van der Waals surface area contributed by atoms with Gasteiger partial charge in [0, 0.05) is 30.4 Å². The second kappa shape index (κ2) is 5.15. The number of nitrogens with one attached hydrogen (secondary N) is 1. The minimum atomic E-state index is -0.519. The predicted octanol–water partition coefficient (Wildman–Crippen LogP) is 2.27. The third kappa shape index (κ3) is 3.29. The van der Waals surface area contributed by atoms with Crippen LogP contribution in [0.2, 0.25) is 0 Å². The largest absolute Gasteiger partial charge is 0.444 e. The molecule has 6 heteroatoms.